The van der Waals surface area contributed by atoms with E-state index in [2.05, 4.69) is 0 Å². The molecule has 1 rings (SSSR count). The van der Waals surface area contributed by atoms with Gasteiger partial charge in [0.1, 0.15) is 4.75 Å². The molecule has 0 radical (unpaired) electrons. The summed E-state index contributed by atoms with van der Waals surface area (Å²) in [5, 5.41) is 9.28. The van der Waals surface area contributed by atoms with Crippen LogP contribution in [0.1, 0.15) is 27.2 Å². The summed E-state index contributed by atoms with van der Waals surface area (Å²) in [6.45, 7) is 5.20. The number of carbonyl (C=O) groups excluding carboxylic acids is 1. The van der Waals surface area contributed by atoms with E-state index in [1.165, 1.54) is 18.7 Å². The molecule has 1 fully saturated rings. The minimum absolute atomic E-state index is 0.118. The lowest BCUT2D eigenvalue weighted by atomic mass is 10.0. The zero-order chi connectivity index (χ0) is 13.4. The van der Waals surface area contributed by atoms with Gasteiger partial charge in [0, 0.05) is 12.8 Å². The Hall–Kier alpha value is -0.620. The van der Waals surface area contributed by atoms with Crippen molar-refractivity contribution in [3.8, 4) is 0 Å². The van der Waals surface area contributed by atoms with Crippen molar-refractivity contribution in [1.82, 2.24) is 4.90 Å². The molecule has 1 amide bonds. The van der Waals surface area contributed by atoms with Crippen molar-refractivity contribution in [2.45, 2.75) is 38.0 Å². The molecule has 5 nitrogen and oxygen atoms in total. The average Bonchev–Trinajstić information content (AvgIpc) is 2.56. The van der Waals surface area contributed by atoms with Crippen LogP contribution in [0.15, 0.2) is 0 Å². The Morgan fingerprint density at radius 2 is 2.00 bits per heavy atom. The molecular formula is C11H21NO4S. The summed E-state index contributed by atoms with van der Waals surface area (Å²) >= 11 is 0. The smallest absolute Gasteiger partial charge is 0.243 e. The molecule has 1 saturated heterocycles. The van der Waals surface area contributed by atoms with Crippen LogP contribution in [0.5, 0.6) is 0 Å². The number of rotatable bonds is 3. The topological polar surface area (TPSA) is 74.7 Å². The first-order chi connectivity index (χ1) is 7.63. The van der Waals surface area contributed by atoms with Crippen molar-refractivity contribution in [1.29, 1.82) is 0 Å². The second-order valence-electron chi connectivity index (χ2n) is 5.30. The van der Waals surface area contributed by atoms with Gasteiger partial charge >= 0.3 is 0 Å². The first-order valence-corrected chi connectivity index (χ1v) is 7.63. The van der Waals surface area contributed by atoms with Crippen LogP contribution in [0.4, 0.5) is 0 Å². The Morgan fingerprint density at radius 3 is 2.41 bits per heavy atom. The number of aliphatic hydroxyl groups is 1. The third-order valence-corrected chi connectivity index (χ3v) is 5.80. The SMILES string of the molecule is CC1CCN(C(=O)C(C)(C)S(C)(=O)=O)C1CO. The molecule has 17 heavy (non-hydrogen) atoms. The molecule has 0 aromatic rings. The van der Waals surface area contributed by atoms with Crippen LogP contribution in [0, 0.1) is 5.92 Å². The lowest BCUT2D eigenvalue weighted by molar-refractivity contribution is -0.135. The quantitative estimate of drug-likeness (QED) is 0.780. The van der Waals surface area contributed by atoms with Gasteiger partial charge in [0.25, 0.3) is 0 Å². The highest BCUT2D eigenvalue weighted by Gasteiger charge is 2.45. The van der Waals surface area contributed by atoms with Crippen molar-refractivity contribution in [3.63, 3.8) is 0 Å². The Labute approximate surface area is 103 Å². The van der Waals surface area contributed by atoms with Crippen molar-refractivity contribution in [3.05, 3.63) is 0 Å². The molecule has 1 N–H and O–H groups in total. The van der Waals surface area contributed by atoms with Crippen molar-refractivity contribution in [2.75, 3.05) is 19.4 Å². The molecule has 0 aliphatic carbocycles. The predicted molar refractivity (Wildman–Crippen MR) is 65.3 cm³/mol. The van der Waals surface area contributed by atoms with Crippen LogP contribution in [0.3, 0.4) is 0 Å². The maximum atomic E-state index is 12.3. The van der Waals surface area contributed by atoms with Gasteiger partial charge < -0.3 is 10.0 Å². The van der Waals surface area contributed by atoms with Crippen LogP contribution in [-0.4, -0.2) is 54.5 Å². The maximum absolute atomic E-state index is 12.3. The molecule has 1 aliphatic rings. The van der Waals surface area contributed by atoms with Gasteiger partial charge in [-0.3, -0.25) is 4.79 Å². The number of likely N-dealkylation sites (tertiary alicyclic amines) is 1. The van der Waals surface area contributed by atoms with Crippen molar-refractivity contribution >= 4 is 15.7 Å². The standard InChI is InChI=1S/C11H21NO4S/c1-8-5-6-12(9(8)7-13)10(14)11(2,3)17(4,15)16/h8-9,13H,5-7H2,1-4H3. The Balaban J connectivity index is 2.99. The van der Waals surface area contributed by atoms with Crippen LogP contribution >= 0.6 is 0 Å². The van der Waals surface area contributed by atoms with Gasteiger partial charge in [-0.1, -0.05) is 6.92 Å². The summed E-state index contributed by atoms with van der Waals surface area (Å²) in [6, 6.07) is -0.261. The van der Waals surface area contributed by atoms with E-state index in [1.807, 2.05) is 6.92 Å². The number of amides is 1. The van der Waals surface area contributed by atoms with Gasteiger partial charge in [-0.05, 0) is 26.2 Å². The molecule has 1 heterocycles. The second kappa shape index (κ2) is 4.57. The minimum Gasteiger partial charge on any atom is -0.394 e. The van der Waals surface area contributed by atoms with Gasteiger partial charge in [0.15, 0.2) is 9.84 Å². The molecular weight excluding hydrogens is 242 g/mol. The first kappa shape index (κ1) is 14.4. The van der Waals surface area contributed by atoms with Gasteiger partial charge in [-0.15, -0.1) is 0 Å². The summed E-state index contributed by atoms with van der Waals surface area (Å²) in [7, 11) is -3.46. The second-order valence-corrected chi connectivity index (χ2v) is 7.86. The van der Waals surface area contributed by atoms with Crippen LogP contribution < -0.4 is 0 Å². The summed E-state index contributed by atoms with van der Waals surface area (Å²) in [4.78, 5) is 13.8. The molecule has 100 valence electrons. The molecule has 2 atom stereocenters. The zero-order valence-electron chi connectivity index (χ0n) is 10.8. The highest BCUT2D eigenvalue weighted by molar-refractivity contribution is 7.92. The Bertz CT molecular complexity index is 402. The highest BCUT2D eigenvalue weighted by atomic mass is 32.2. The fourth-order valence-corrected chi connectivity index (χ4v) is 2.48. The van der Waals surface area contributed by atoms with Crippen molar-refractivity contribution < 1.29 is 18.3 Å². The molecule has 0 aromatic heterocycles. The number of hydrogen-bond acceptors (Lipinski definition) is 4. The van der Waals surface area contributed by atoms with Gasteiger partial charge in [0.05, 0.1) is 12.6 Å². The van der Waals surface area contributed by atoms with E-state index in [9.17, 15) is 18.3 Å². The monoisotopic (exact) mass is 263 g/mol. The van der Waals surface area contributed by atoms with E-state index in [4.69, 9.17) is 0 Å². The molecule has 0 spiro atoms. The normalized spacial score (nSPS) is 26.3. The first-order valence-electron chi connectivity index (χ1n) is 5.74. The van der Waals surface area contributed by atoms with E-state index in [0.29, 0.717) is 6.54 Å². The van der Waals surface area contributed by atoms with Crippen LogP contribution in [0.25, 0.3) is 0 Å². The molecule has 1 aliphatic heterocycles. The van der Waals surface area contributed by atoms with E-state index >= 15 is 0 Å². The maximum Gasteiger partial charge on any atom is 0.243 e. The Kier molecular flexibility index (Phi) is 3.88. The molecule has 0 saturated carbocycles. The number of sulfone groups is 1. The number of hydrogen-bond donors (Lipinski definition) is 1. The molecule has 0 bridgehead atoms. The number of nitrogens with zero attached hydrogens (tertiary/aromatic N) is 1. The number of carbonyl (C=O) groups is 1. The largest absolute Gasteiger partial charge is 0.394 e. The summed E-state index contributed by atoms with van der Waals surface area (Å²) < 4.78 is 21.8. The average molecular weight is 263 g/mol. The van der Waals surface area contributed by atoms with Gasteiger partial charge in [-0.25, -0.2) is 8.42 Å². The molecule has 2 unspecified atom stereocenters. The lowest BCUT2D eigenvalue weighted by Gasteiger charge is -2.32. The summed E-state index contributed by atoms with van der Waals surface area (Å²) in [6.07, 6.45) is 1.87. The van der Waals surface area contributed by atoms with Gasteiger partial charge in [-0.2, -0.15) is 0 Å². The third-order valence-electron chi connectivity index (χ3n) is 3.77. The van der Waals surface area contributed by atoms with Crippen LogP contribution in [-0.2, 0) is 14.6 Å². The summed E-state index contributed by atoms with van der Waals surface area (Å²) in [5.41, 5.74) is 0. The van der Waals surface area contributed by atoms with E-state index in [-0.39, 0.29) is 18.6 Å². The van der Waals surface area contributed by atoms with E-state index in [0.717, 1.165) is 12.7 Å². The fraction of sp³-hybridized carbons (Fsp3) is 0.909. The highest BCUT2D eigenvalue weighted by Crippen LogP contribution is 2.28. The Morgan fingerprint density at radius 1 is 1.47 bits per heavy atom. The minimum atomic E-state index is -3.46. The van der Waals surface area contributed by atoms with Gasteiger partial charge in [0.2, 0.25) is 5.91 Å². The lowest BCUT2D eigenvalue weighted by Crippen LogP contribution is -2.52. The predicted octanol–water partition coefficient (Wildman–Crippen LogP) is 0.0389. The fourth-order valence-electron chi connectivity index (χ4n) is 2.04. The van der Waals surface area contributed by atoms with E-state index in [1.54, 1.807) is 0 Å². The van der Waals surface area contributed by atoms with E-state index < -0.39 is 20.5 Å². The molecule has 0 aromatic carbocycles. The molecule has 6 heteroatoms. The van der Waals surface area contributed by atoms with Crippen molar-refractivity contribution in [2.24, 2.45) is 5.92 Å². The summed E-state index contributed by atoms with van der Waals surface area (Å²) in [5.74, 6) is -0.206. The zero-order valence-corrected chi connectivity index (χ0v) is 11.6. The third kappa shape index (κ3) is 2.47. The number of aliphatic hydroxyl groups excluding tert-OH is 1. The van der Waals surface area contributed by atoms with Crippen LogP contribution in [0.2, 0.25) is 0 Å².